The molecule has 0 aliphatic heterocycles. The van der Waals surface area contributed by atoms with Crippen LogP contribution >= 0.6 is 0 Å². The van der Waals surface area contributed by atoms with Gasteiger partial charge in [-0.3, -0.25) is 9.78 Å². The summed E-state index contributed by atoms with van der Waals surface area (Å²) in [4.78, 5) is 14.8. The Hall–Kier alpha value is -1.64. The zero-order valence-electron chi connectivity index (χ0n) is 7.40. The van der Waals surface area contributed by atoms with E-state index in [-0.39, 0.29) is 11.5 Å². The maximum Gasteiger partial charge on any atom is 0.159 e. The number of carbonyl (C=O) groups is 1. The number of aliphatic hydroxyl groups excluding tert-OH is 1. The molecule has 3 nitrogen and oxygen atoms in total. The van der Waals surface area contributed by atoms with Gasteiger partial charge in [0, 0.05) is 18.7 Å². The van der Waals surface area contributed by atoms with Crippen LogP contribution in [0.25, 0.3) is 5.76 Å². The molecule has 1 N–H and O–H groups in total. The van der Waals surface area contributed by atoms with Crippen LogP contribution in [-0.4, -0.2) is 15.9 Å². The smallest absolute Gasteiger partial charge is 0.159 e. The maximum atomic E-state index is 10.9. The quantitative estimate of drug-likeness (QED) is 0.567. The SMILES string of the molecule is CCC(=O)/C=C(\O)c1ccccn1. The average Bonchev–Trinajstić information content (AvgIpc) is 2.19. The van der Waals surface area contributed by atoms with Crippen molar-refractivity contribution in [3.8, 4) is 0 Å². The summed E-state index contributed by atoms with van der Waals surface area (Å²) in [6.07, 6.45) is 3.15. The molecule has 0 unspecified atom stereocenters. The van der Waals surface area contributed by atoms with Crippen LogP contribution in [0, 0.1) is 0 Å². The van der Waals surface area contributed by atoms with Gasteiger partial charge in [0.1, 0.15) is 11.5 Å². The van der Waals surface area contributed by atoms with E-state index in [0.29, 0.717) is 12.1 Å². The summed E-state index contributed by atoms with van der Waals surface area (Å²) < 4.78 is 0. The molecule has 1 aromatic heterocycles. The Morgan fingerprint density at radius 2 is 2.38 bits per heavy atom. The minimum Gasteiger partial charge on any atom is -0.506 e. The lowest BCUT2D eigenvalue weighted by atomic mass is 10.2. The molecular formula is C10H11NO2. The number of hydrogen-bond acceptors (Lipinski definition) is 3. The fourth-order valence-electron chi connectivity index (χ4n) is 0.843. The number of aromatic nitrogens is 1. The van der Waals surface area contributed by atoms with Crippen LogP contribution in [0.15, 0.2) is 30.5 Å². The third kappa shape index (κ3) is 2.71. The molecule has 1 rings (SSSR count). The summed E-state index contributed by atoms with van der Waals surface area (Å²) in [5.41, 5.74) is 0.421. The molecule has 0 radical (unpaired) electrons. The highest BCUT2D eigenvalue weighted by atomic mass is 16.3. The van der Waals surface area contributed by atoms with Crippen molar-refractivity contribution in [1.29, 1.82) is 0 Å². The summed E-state index contributed by atoms with van der Waals surface area (Å²) in [7, 11) is 0. The lowest BCUT2D eigenvalue weighted by Gasteiger charge is -1.96. The number of hydrogen-bond donors (Lipinski definition) is 1. The molecule has 0 aliphatic carbocycles. The van der Waals surface area contributed by atoms with Crippen molar-refractivity contribution in [3.63, 3.8) is 0 Å². The van der Waals surface area contributed by atoms with Crippen LogP contribution < -0.4 is 0 Å². The molecule has 0 bridgehead atoms. The summed E-state index contributed by atoms with van der Waals surface area (Å²) in [6, 6.07) is 5.15. The largest absolute Gasteiger partial charge is 0.506 e. The molecule has 3 heteroatoms. The second kappa shape index (κ2) is 4.40. The van der Waals surface area contributed by atoms with Crippen LogP contribution in [0.2, 0.25) is 0 Å². The van der Waals surface area contributed by atoms with E-state index >= 15 is 0 Å². The maximum absolute atomic E-state index is 10.9. The van der Waals surface area contributed by atoms with Gasteiger partial charge in [0.05, 0.1) is 0 Å². The van der Waals surface area contributed by atoms with Crippen molar-refractivity contribution in [2.45, 2.75) is 13.3 Å². The Balaban J connectivity index is 2.85. The Morgan fingerprint density at radius 1 is 1.62 bits per heavy atom. The Morgan fingerprint density at radius 3 is 2.92 bits per heavy atom. The molecule has 0 spiro atoms. The molecule has 1 heterocycles. The Labute approximate surface area is 76.7 Å². The first-order valence-electron chi connectivity index (χ1n) is 4.09. The van der Waals surface area contributed by atoms with Gasteiger partial charge in [-0.1, -0.05) is 13.0 Å². The van der Waals surface area contributed by atoms with Crippen molar-refractivity contribution in [3.05, 3.63) is 36.2 Å². The predicted molar refractivity (Wildman–Crippen MR) is 50.1 cm³/mol. The molecular weight excluding hydrogens is 166 g/mol. The standard InChI is InChI=1S/C10H11NO2/c1-2-8(12)7-10(13)9-5-3-4-6-11-9/h3-7,13H,2H2,1H3/b10-7-. The van der Waals surface area contributed by atoms with Crippen LogP contribution in [0.3, 0.4) is 0 Å². The zero-order chi connectivity index (χ0) is 9.68. The zero-order valence-corrected chi connectivity index (χ0v) is 7.40. The van der Waals surface area contributed by atoms with Crippen molar-refractivity contribution < 1.29 is 9.90 Å². The van der Waals surface area contributed by atoms with E-state index in [9.17, 15) is 9.90 Å². The fourth-order valence-corrected chi connectivity index (χ4v) is 0.843. The highest BCUT2D eigenvalue weighted by molar-refractivity contribution is 5.94. The Kier molecular flexibility index (Phi) is 3.20. The van der Waals surface area contributed by atoms with E-state index in [0.717, 1.165) is 0 Å². The van der Waals surface area contributed by atoms with Crippen LogP contribution in [0.5, 0.6) is 0 Å². The number of allylic oxidation sites excluding steroid dienone is 1. The third-order valence-corrected chi connectivity index (χ3v) is 1.57. The van der Waals surface area contributed by atoms with E-state index in [4.69, 9.17) is 0 Å². The number of rotatable bonds is 3. The highest BCUT2D eigenvalue weighted by Crippen LogP contribution is 2.06. The van der Waals surface area contributed by atoms with E-state index in [2.05, 4.69) is 4.98 Å². The Bertz CT molecular complexity index is 317. The normalized spacial score (nSPS) is 11.3. The van der Waals surface area contributed by atoms with Gasteiger partial charge in [-0.2, -0.15) is 0 Å². The molecule has 0 saturated carbocycles. The lowest BCUT2D eigenvalue weighted by molar-refractivity contribution is -0.114. The topological polar surface area (TPSA) is 50.2 Å². The van der Waals surface area contributed by atoms with Gasteiger partial charge >= 0.3 is 0 Å². The predicted octanol–water partition coefficient (Wildman–Crippen LogP) is 1.96. The first-order valence-corrected chi connectivity index (χ1v) is 4.09. The molecule has 0 atom stereocenters. The van der Waals surface area contributed by atoms with Crippen molar-refractivity contribution in [2.75, 3.05) is 0 Å². The number of aliphatic hydroxyl groups is 1. The van der Waals surface area contributed by atoms with Crippen LogP contribution in [0.1, 0.15) is 19.0 Å². The van der Waals surface area contributed by atoms with Crippen LogP contribution in [0.4, 0.5) is 0 Å². The van der Waals surface area contributed by atoms with Gasteiger partial charge in [0.2, 0.25) is 0 Å². The molecule has 0 aliphatic rings. The first-order chi connectivity index (χ1) is 6.24. The third-order valence-electron chi connectivity index (χ3n) is 1.57. The minimum absolute atomic E-state index is 0.0764. The molecule has 1 aromatic rings. The summed E-state index contributed by atoms with van der Waals surface area (Å²) in [5.74, 6) is -0.185. The van der Waals surface area contributed by atoms with Crippen molar-refractivity contribution >= 4 is 11.5 Å². The van der Waals surface area contributed by atoms with Gasteiger partial charge < -0.3 is 5.11 Å². The first kappa shape index (κ1) is 9.45. The second-order valence-electron chi connectivity index (χ2n) is 2.56. The van der Waals surface area contributed by atoms with Crippen molar-refractivity contribution in [2.24, 2.45) is 0 Å². The molecule has 0 saturated heterocycles. The lowest BCUT2D eigenvalue weighted by Crippen LogP contribution is -1.93. The van der Waals surface area contributed by atoms with Gasteiger partial charge in [-0.05, 0) is 12.1 Å². The summed E-state index contributed by atoms with van der Waals surface area (Å²) in [5, 5.41) is 9.40. The van der Waals surface area contributed by atoms with Gasteiger partial charge in [-0.15, -0.1) is 0 Å². The number of nitrogens with zero attached hydrogens (tertiary/aromatic N) is 1. The monoisotopic (exact) mass is 177 g/mol. The molecule has 0 aromatic carbocycles. The van der Waals surface area contributed by atoms with E-state index in [1.54, 1.807) is 31.3 Å². The highest BCUT2D eigenvalue weighted by Gasteiger charge is 2.01. The molecule has 0 fully saturated rings. The molecule has 0 amide bonds. The van der Waals surface area contributed by atoms with Gasteiger partial charge in [0.15, 0.2) is 5.78 Å². The summed E-state index contributed by atoms with van der Waals surface area (Å²) >= 11 is 0. The number of carbonyl (C=O) groups excluding carboxylic acids is 1. The van der Waals surface area contributed by atoms with E-state index < -0.39 is 0 Å². The van der Waals surface area contributed by atoms with Crippen molar-refractivity contribution in [1.82, 2.24) is 4.98 Å². The van der Waals surface area contributed by atoms with E-state index in [1.807, 2.05) is 0 Å². The molecule has 68 valence electrons. The fraction of sp³-hybridized carbons (Fsp3) is 0.200. The average molecular weight is 177 g/mol. The van der Waals surface area contributed by atoms with Gasteiger partial charge in [-0.25, -0.2) is 0 Å². The van der Waals surface area contributed by atoms with Crippen LogP contribution in [-0.2, 0) is 4.79 Å². The molecule has 13 heavy (non-hydrogen) atoms. The van der Waals surface area contributed by atoms with Gasteiger partial charge in [0.25, 0.3) is 0 Å². The summed E-state index contributed by atoms with van der Waals surface area (Å²) in [6.45, 7) is 1.74. The number of ketones is 1. The number of pyridine rings is 1. The minimum atomic E-state index is -0.108. The second-order valence-corrected chi connectivity index (χ2v) is 2.56. The van der Waals surface area contributed by atoms with E-state index in [1.165, 1.54) is 6.08 Å².